The Kier molecular flexibility index (Phi) is 29.9. The molecule has 18 nitrogen and oxygen atoms in total. The zero-order chi connectivity index (χ0) is 42.2. The van der Waals surface area contributed by atoms with Crippen molar-refractivity contribution in [3.63, 3.8) is 0 Å². The standard InChI is InChI=1S/C40H78N4O14/c1-35(2)39(47)41-43(11-7-5-8-12-43)37(45)33-57-31-29-55-27-25-53-23-21-51-19-17-49-15-16-50-18-20-52-22-24-54-26-28-56-30-32-58-34-38(46)44(13-9-6-10-14-44)42-40(48)36(3)4/h35-38,45-46H,5-34H2,1-4H3/p+2. The number of aliphatic hydroxyl groups excluding tert-OH is 2. The molecule has 342 valence electrons. The van der Waals surface area contributed by atoms with E-state index in [1.807, 2.05) is 27.7 Å². The lowest BCUT2D eigenvalue weighted by Gasteiger charge is -2.43. The van der Waals surface area contributed by atoms with Gasteiger partial charge in [-0.05, 0) is 38.5 Å². The molecule has 2 saturated heterocycles. The zero-order valence-electron chi connectivity index (χ0n) is 36.2. The fourth-order valence-electron chi connectivity index (χ4n) is 6.36. The Bertz CT molecular complexity index is 940. The highest BCUT2D eigenvalue weighted by atomic mass is 16.6. The molecule has 4 N–H and O–H groups in total. The van der Waals surface area contributed by atoms with E-state index in [1.165, 1.54) is 0 Å². The van der Waals surface area contributed by atoms with Crippen LogP contribution >= 0.6 is 0 Å². The van der Waals surface area contributed by atoms with E-state index in [1.54, 1.807) is 0 Å². The molecule has 2 aliphatic heterocycles. The van der Waals surface area contributed by atoms with E-state index in [9.17, 15) is 19.8 Å². The van der Waals surface area contributed by atoms with Crippen LogP contribution in [-0.2, 0) is 57.0 Å². The Morgan fingerprint density at radius 2 is 0.603 bits per heavy atom. The minimum atomic E-state index is -0.812. The SMILES string of the molecule is CC(C)C(=O)N[N+]1(C(O)COCCOCCOCCOCCOCCOCCOCCOCCOCCOCC(O)[N+]2(NC(=O)C(C)C)CCCCC2)CCCCC1. The van der Waals surface area contributed by atoms with Crippen LogP contribution < -0.4 is 10.9 Å². The van der Waals surface area contributed by atoms with E-state index in [0.717, 1.165) is 38.5 Å². The van der Waals surface area contributed by atoms with Crippen LogP contribution in [-0.4, -0.2) is 202 Å². The normalized spacial score (nSPS) is 17.7. The highest BCUT2D eigenvalue weighted by Gasteiger charge is 2.41. The van der Waals surface area contributed by atoms with Gasteiger partial charge in [-0.15, -0.1) is 0 Å². The van der Waals surface area contributed by atoms with E-state index in [4.69, 9.17) is 47.4 Å². The highest BCUT2D eigenvalue weighted by Crippen LogP contribution is 2.21. The topological polar surface area (TPSA) is 191 Å². The molecular formula is C40H80N4O14+2. The van der Waals surface area contributed by atoms with E-state index in [2.05, 4.69) is 10.9 Å². The largest absolute Gasteiger partial charge is 0.377 e. The molecule has 0 aromatic rings. The number of ether oxygens (including phenoxy) is 10. The summed E-state index contributed by atoms with van der Waals surface area (Å²) in [5.41, 5.74) is 6.09. The molecule has 2 amide bonds. The molecule has 58 heavy (non-hydrogen) atoms. The predicted octanol–water partition coefficient (Wildman–Crippen LogP) is 1.17. The van der Waals surface area contributed by atoms with Crippen LogP contribution in [0.5, 0.6) is 0 Å². The molecule has 2 unspecified atom stereocenters. The first-order valence-corrected chi connectivity index (χ1v) is 21.6. The zero-order valence-corrected chi connectivity index (χ0v) is 36.2. The first-order valence-electron chi connectivity index (χ1n) is 21.6. The minimum absolute atomic E-state index is 0.0595. The van der Waals surface area contributed by atoms with Crippen molar-refractivity contribution in [1.82, 2.24) is 10.9 Å². The maximum absolute atomic E-state index is 12.3. The van der Waals surface area contributed by atoms with Gasteiger partial charge in [0.15, 0.2) is 0 Å². The van der Waals surface area contributed by atoms with Gasteiger partial charge in [0.05, 0.1) is 119 Å². The average Bonchev–Trinajstić information content (AvgIpc) is 3.21. The van der Waals surface area contributed by atoms with Gasteiger partial charge in [-0.2, -0.15) is 20.0 Å². The van der Waals surface area contributed by atoms with Gasteiger partial charge in [0, 0.05) is 11.8 Å². The third kappa shape index (κ3) is 23.4. The minimum Gasteiger partial charge on any atom is -0.377 e. The summed E-state index contributed by atoms with van der Waals surface area (Å²) in [7, 11) is 0. The number of nitrogens with zero attached hydrogens (tertiary/aromatic N) is 2. The summed E-state index contributed by atoms with van der Waals surface area (Å²) in [5.74, 6) is -0.406. The van der Waals surface area contributed by atoms with Crippen molar-refractivity contribution in [2.45, 2.75) is 78.7 Å². The molecule has 18 heteroatoms. The van der Waals surface area contributed by atoms with E-state index in [-0.39, 0.29) is 46.0 Å². The van der Waals surface area contributed by atoms with E-state index >= 15 is 0 Å². The fourth-order valence-corrected chi connectivity index (χ4v) is 6.36. The third-order valence-electron chi connectivity index (χ3n) is 9.97. The molecule has 0 saturated carbocycles. The monoisotopic (exact) mass is 841 g/mol. The van der Waals surface area contributed by atoms with Crippen molar-refractivity contribution in [3.8, 4) is 0 Å². The van der Waals surface area contributed by atoms with Crippen molar-refractivity contribution in [1.29, 1.82) is 0 Å². The molecule has 0 spiro atoms. The highest BCUT2D eigenvalue weighted by molar-refractivity contribution is 5.77. The summed E-state index contributed by atoms with van der Waals surface area (Å²) in [6, 6.07) is 0. The van der Waals surface area contributed by atoms with Crippen LogP contribution in [0.3, 0.4) is 0 Å². The average molecular weight is 841 g/mol. The van der Waals surface area contributed by atoms with Gasteiger partial charge in [0.1, 0.15) is 39.4 Å². The number of amides is 2. The predicted molar refractivity (Wildman–Crippen MR) is 214 cm³/mol. The van der Waals surface area contributed by atoms with Gasteiger partial charge in [0.25, 0.3) is 11.8 Å². The molecule has 0 aliphatic carbocycles. The molecular weight excluding hydrogens is 760 g/mol. The summed E-state index contributed by atoms with van der Waals surface area (Å²) in [6.45, 7) is 18.4. The second-order valence-corrected chi connectivity index (χ2v) is 15.4. The van der Waals surface area contributed by atoms with Gasteiger partial charge < -0.3 is 57.6 Å². The molecule has 2 heterocycles. The first kappa shape index (κ1) is 52.5. The molecule has 2 aliphatic rings. The van der Waals surface area contributed by atoms with Crippen LogP contribution in [0.2, 0.25) is 0 Å². The number of carbonyl (C=O) groups is 2. The summed E-state index contributed by atoms with van der Waals surface area (Å²) in [6.07, 6.45) is 4.43. The Morgan fingerprint density at radius 3 is 0.810 bits per heavy atom. The lowest BCUT2D eigenvalue weighted by atomic mass is 10.1. The van der Waals surface area contributed by atoms with Crippen LogP contribution in [0, 0.1) is 11.8 Å². The summed E-state index contributed by atoms with van der Waals surface area (Å²) >= 11 is 0. The number of hydrogen-bond donors (Lipinski definition) is 4. The lowest BCUT2D eigenvalue weighted by Crippen LogP contribution is -2.69. The molecule has 0 aromatic carbocycles. The molecule has 2 rings (SSSR count). The van der Waals surface area contributed by atoms with Crippen LogP contribution in [0.25, 0.3) is 0 Å². The number of rotatable bonds is 37. The van der Waals surface area contributed by atoms with Crippen LogP contribution in [0.15, 0.2) is 0 Å². The van der Waals surface area contributed by atoms with Crippen molar-refractivity contribution in [2.24, 2.45) is 11.8 Å². The maximum atomic E-state index is 12.3. The second-order valence-electron chi connectivity index (χ2n) is 15.4. The van der Waals surface area contributed by atoms with E-state index < -0.39 is 12.5 Å². The Morgan fingerprint density at radius 1 is 0.397 bits per heavy atom. The Balaban J connectivity index is 1.26. The lowest BCUT2D eigenvalue weighted by molar-refractivity contribution is -1.01. The van der Waals surface area contributed by atoms with Gasteiger partial charge in [-0.1, -0.05) is 27.7 Å². The molecule has 0 bridgehead atoms. The summed E-state index contributed by atoms with van der Waals surface area (Å²) < 4.78 is 55.8. The number of carbonyl (C=O) groups excluding carboxylic acids is 2. The number of piperidine rings is 2. The first-order chi connectivity index (χ1) is 28.1. The fraction of sp³-hybridized carbons (Fsp3) is 0.950. The summed E-state index contributed by atoms with van der Waals surface area (Å²) in [4.78, 5) is 24.7. The van der Waals surface area contributed by atoms with Crippen molar-refractivity contribution in [2.75, 3.05) is 158 Å². The van der Waals surface area contributed by atoms with Gasteiger partial charge in [-0.25, -0.2) is 0 Å². The molecule has 0 radical (unpaired) electrons. The molecule has 2 atom stereocenters. The molecule has 2 fully saturated rings. The Hall–Kier alpha value is -1.62. The second kappa shape index (κ2) is 33.1. The van der Waals surface area contributed by atoms with E-state index in [0.29, 0.717) is 145 Å². The summed E-state index contributed by atoms with van der Waals surface area (Å²) in [5, 5.41) is 21.7. The van der Waals surface area contributed by atoms with Crippen molar-refractivity contribution < 1.29 is 76.4 Å². The van der Waals surface area contributed by atoms with Crippen LogP contribution in [0.1, 0.15) is 66.2 Å². The number of nitrogens with one attached hydrogen (secondary N) is 2. The maximum Gasteiger partial charge on any atom is 0.267 e. The third-order valence-corrected chi connectivity index (χ3v) is 9.97. The number of hydrogen-bond acceptors (Lipinski definition) is 14. The molecule has 0 aromatic heterocycles. The van der Waals surface area contributed by atoms with Crippen LogP contribution in [0.4, 0.5) is 0 Å². The number of aliphatic hydroxyl groups is 2. The number of likely N-dealkylation sites (tertiary alicyclic amines) is 2. The van der Waals surface area contributed by atoms with Crippen molar-refractivity contribution >= 4 is 11.8 Å². The quantitative estimate of drug-likeness (QED) is 0.0515. The van der Waals surface area contributed by atoms with Gasteiger partial charge in [-0.3, -0.25) is 9.59 Å². The van der Waals surface area contributed by atoms with Gasteiger partial charge in [0.2, 0.25) is 12.5 Å². The van der Waals surface area contributed by atoms with Gasteiger partial charge >= 0.3 is 0 Å². The van der Waals surface area contributed by atoms with Crippen molar-refractivity contribution in [3.05, 3.63) is 0 Å². The number of quaternary nitrogens is 2. The Labute approximate surface area is 347 Å². The smallest absolute Gasteiger partial charge is 0.267 e.